The van der Waals surface area contributed by atoms with Gasteiger partial charge in [0.1, 0.15) is 25.4 Å². The molecular weight excluding hydrogens is 200 g/mol. The quantitative estimate of drug-likeness (QED) is 0.274. The third-order valence-corrected chi connectivity index (χ3v) is 1.80. The van der Waals surface area contributed by atoms with Gasteiger partial charge < -0.3 is 14.2 Å². The minimum Gasteiger partial charge on any atom is -0.382 e. The molecule has 0 radical (unpaired) electrons. The summed E-state index contributed by atoms with van der Waals surface area (Å²) in [6.07, 6.45) is 0.556. The maximum absolute atomic E-state index is 4.89. The molecule has 0 aliphatic carbocycles. The van der Waals surface area contributed by atoms with Gasteiger partial charge in [0, 0.05) is 13.2 Å². The molecule has 0 saturated carbocycles. The maximum atomic E-state index is 4.89. The van der Waals surface area contributed by atoms with E-state index < -0.39 is 0 Å². The van der Waals surface area contributed by atoms with Crippen molar-refractivity contribution in [3.8, 4) is 0 Å². The van der Waals surface area contributed by atoms with E-state index in [1.807, 2.05) is 13.8 Å². The van der Waals surface area contributed by atoms with Gasteiger partial charge in [-0.1, -0.05) is 0 Å². The van der Waals surface area contributed by atoms with E-state index in [9.17, 15) is 0 Å². The lowest BCUT2D eigenvalue weighted by Crippen LogP contribution is -2.06. The van der Waals surface area contributed by atoms with Gasteiger partial charge in [-0.15, -0.1) is 0 Å². The first-order valence-electron chi connectivity index (χ1n) is 5.42. The van der Waals surface area contributed by atoms with Crippen LogP contribution in [0.2, 0.25) is 0 Å². The third kappa shape index (κ3) is 8.77. The molecule has 2 saturated heterocycles. The Bertz CT molecular complexity index is 129. The first-order chi connectivity index (χ1) is 7.36. The predicted octanol–water partition coefficient (Wildman–Crippen LogP) is 0.775. The van der Waals surface area contributed by atoms with Crippen LogP contribution in [-0.2, 0) is 24.0 Å². The zero-order valence-corrected chi connectivity index (χ0v) is 9.44. The van der Waals surface area contributed by atoms with E-state index >= 15 is 0 Å². The Kier molecular flexibility index (Phi) is 6.87. The summed E-state index contributed by atoms with van der Waals surface area (Å²) in [5.41, 5.74) is 0. The molecule has 90 valence electrons. The van der Waals surface area contributed by atoms with Gasteiger partial charge in [0.2, 0.25) is 0 Å². The second kappa shape index (κ2) is 8.01. The van der Waals surface area contributed by atoms with Crippen molar-refractivity contribution in [2.24, 2.45) is 0 Å². The second-order valence-electron chi connectivity index (χ2n) is 3.26. The van der Waals surface area contributed by atoms with E-state index in [2.05, 4.69) is 0 Å². The van der Waals surface area contributed by atoms with Gasteiger partial charge in [-0.2, -0.15) is 0 Å². The Morgan fingerprint density at radius 2 is 1.33 bits per heavy atom. The Hall–Kier alpha value is -0.200. The van der Waals surface area contributed by atoms with Gasteiger partial charge in [-0.05, 0) is 13.8 Å². The summed E-state index contributed by atoms with van der Waals surface area (Å²) in [4.78, 5) is 9.61. The highest BCUT2D eigenvalue weighted by Crippen LogP contribution is 2.11. The topological polar surface area (TPSA) is 52.8 Å². The largest absolute Gasteiger partial charge is 0.382 e. The van der Waals surface area contributed by atoms with Crippen molar-refractivity contribution in [1.29, 1.82) is 0 Å². The summed E-state index contributed by atoms with van der Waals surface area (Å²) in [5, 5.41) is 0. The summed E-state index contributed by atoms with van der Waals surface area (Å²) in [5.74, 6) is 0. The first kappa shape index (κ1) is 12.9. The van der Waals surface area contributed by atoms with Crippen LogP contribution < -0.4 is 0 Å². The number of rotatable bonds is 7. The monoisotopic (exact) mass is 220 g/mol. The molecule has 15 heavy (non-hydrogen) atoms. The second-order valence-corrected chi connectivity index (χ2v) is 3.26. The van der Waals surface area contributed by atoms with E-state index in [4.69, 9.17) is 24.0 Å². The van der Waals surface area contributed by atoms with E-state index in [0.29, 0.717) is 13.2 Å². The fourth-order valence-electron chi connectivity index (χ4n) is 0.781. The lowest BCUT2D eigenvalue weighted by atomic mass is 10.5. The van der Waals surface area contributed by atoms with E-state index in [1.165, 1.54) is 0 Å². The Morgan fingerprint density at radius 3 is 1.53 bits per heavy atom. The maximum Gasteiger partial charge on any atom is 0.111 e. The molecular formula is C10H20O5. The van der Waals surface area contributed by atoms with Crippen LogP contribution in [0.5, 0.6) is 0 Å². The number of epoxide rings is 2. The Balaban J connectivity index is 0.000000195. The predicted molar refractivity (Wildman–Crippen MR) is 53.6 cm³/mol. The van der Waals surface area contributed by atoms with Crippen LogP contribution in [0.3, 0.4) is 0 Å². The normalized spacial score (nSPS) is 26.8. The fraction of sp³-hybridized carbons (Fsp3) is 1.00. The highest BCUT2D eigenvalue weighted by Gasteiger charge is 2.25. The number of hydrogen-bond acceptors (Lipinski definition) is 5. The van der Waals surface area contributed by atoms with Crippen LogP contribution >= 0.6 is 0 Å². The van der Waals surface area contributed by atoms with E-state index in [-0.39, 0.29) is 12.2 Å². The van der Waals surface area contributed by atoms with E-state index in [0.717, 1.165) is 26.4 Å². The zero-order valence-electron chi connectivity index (χ0n) is 9.44. The third-order valence-electron chi connectivity index (χ3n) is 1.80. The molecule has 2 aliphatic heterocycles. The minimum atomic E-state index is 0.278. The molecule has 2 aliphatic rings. The van der Waals surface area contributed by atoms with Crippen LogP contribution in [0.1, 0.15) is 13.8 Å². The van der Waals surface area contributed by atoms with E-state index in [1.54, 1.807) is 0 Å². The molecule has 0 N–H and O–H groups in total. The molecule has 0 bridgehead atoms. The summed E-state index contributed by atoms with van der Waals surface area (Å²) >= 11 is 0. The first-order valence-corrected chi connectivity index (χ1v) is 5.42. The number of ether oxygens (including phenoxy) is 3. The van der Waals surface area contributed by atoms with Crippen molar-refractivity contribution in [3.05, 3.63) is 0 Å². The highest BCUT2D eigenvalue weighted by atomic mass is 17.2. The SMILES string of the molecule is C(OOCC1CO1)C1CO1.CCOCC. The summed E-state index contributed by atoms with van der Waals surface area (Å²) < 4.78 is 14.6. The van der Waals surface area contributed by atoms with Crippen LogP contribution in [0.15, 0.2) is 0 Å². The van der Waals surface area contributed by atoms with Gasteiger partial charge in [0.15, 0.2) is 0 Å². The Labute approximate surface area is 90.5 Å². The van der Waals surface area contributed by atoms with Gasteiger partial charge in [-0.3, -0.25) is 0 Å². The average Bonchev–Trinajstić information content (AvgIpc) is 3.10. The molecule has 5 heteroatoms. The summed E-state index contributed by atoms with van der Waals surface area (Å²) in [6.45, 7) is 8.38. The van der Waals surface area contributed by atoms with Gasteiger partial charge >= 0.3 is 0 Å². The summed E-state index contributed by atoms with van der Waals surface area (Å²) in [6, 6.07) is 0. The van der Waals surface area contributed by atoms with Crippen LogP contribution in [0, 0.1) is 0 Å². The van der Waals surface area contributed by atoms with Gasteiger partial charge in [0.05, 0.1) is 13.2 Å². The molecule has 2 unspecified atom stereocenters. The number of hydrogen-bond donors (Lipinski definition) is 0. The molecule has 5 nitrogen and oxygen atoms in total. The van der Waals surface area contributed by atoms with Crippen molar-refractivity contribution >= 4 is 0 Å². The molecule has 2 fully saturated rings. The Morgan fingerprint density at radius 1 is 0.933 bits per heavy atom. The van der Waals surface area contributed by atoms with Crippen molar-refractivity contribution < 1.29 is 24.0 Å². The molecule has 0 amide bonds. The molecule has 2 heterocycles. The van der Waals surface area contributed by atoms with Crippen molar-refractivity contribution in [2.75, 3.05) is 39.6 Å². The smallest absolute Gasteiger partial charge is 0.111 e. The molecule has 2 atom stereocenters. The standard InChI is InChI=1S/C6H10O4.C4H10O/c1-5(7-1)3-9-10-4-6-2-8-6;1-3-5-4-2/h5-6H,1-4H2;3-4H2,1-2H3. The minimum absolute atomic E-state index is 0.278. The fourth-order valence-corrected chi connectivity index (χ4v) is 0.781. The average molecular weight is 220 g/mol. The van der Waals surface area contributed by atoms with Crippen LogP contribution in [-0.4, -0.2) is 51.8 Å². The summed E-state index contributed by atoms with van der Waals surface area (Å²) in [7, 11) is 0. The van der Waals surface area contributed by atoms with Crippen LogP contribution in [0.4, 0.5) is 0 Å². The lowest BCUT2D eigenvalue weighted by Gasteiger charge is -1.97. The molecule has 0 aromatic heterocycles. The molecule has 0 aromatic carbocycles. The lowest BCUT2D eigenvalue weighted by molar-refractivity contribution is -0.297. The van der Waals surface area contributed by atoms with Crippen molar-refractivity contribution in [2.45, 2.75) is 26.1 Å². The molecule has 2 rings (SSSR count). The molecule has 0 aromatic rings. The van der Waals surface area contributed by atoms with Crippen molar-refractivity contribution in [1.82, 2.24) is 0 Å². The zero-order chi connectivity index (χ0) is 10.9. The van der Waals surface area contributed by atoms with Crippen LogP contribution in [0.25, 0.3) is 0 Å². The van der Waals surface area contributed by atoms with Crippen molar-refractivity contribution in [3.63, 3.8) is 0 Å². The van der Waals surface area contributed by atoms with Gasteiger partial charge in [0.25, 0.3) is 0 Å². The highest BCUT2D eigenvalue weighted by molar-refractivity contribution is 4.67. The molecule has 0 spiro atoms. The van der Waals surface area contributed by atoms with Gasteiger partial charge in [-0.25, -0.2) is 9.78 Å².